The average molecular weight is 268 g/mol. The quantitative estimate of drug-likeness (QED) is 0.742. The minimum Gasteiger partial charge on any atom is -0.493 e. The molecule has 0 fully saturated rings. The van der Waals surface area contributed by atoms with Crippen LogP contribution in [-0.2, 0) is 11.2 Å². The number of primary amides is 1. The van der Waals surface area contributed by atoms with Crippen molar-refractivity contribution < 1.29 is 19.0 Å². The molecule has 6 heteroatoms. The first-order valence-corrected chi connectivity index (χ1v) is 5.85. The van der Waals surface area contributed by atoms with E-state index in [9.17, 15) is 4.79 Å². The van der Waals surface area contributed by atoms with Crippen LogP contribution < -0.4 is 25.7 Å². The smallest absolute Gasteiger partial charge is 0.222 e. The van der Waals surface area contributed by atoms with E-state index in [1.165, 1.54) is 21.3 Å². The standard InChI is InChI=1S/C13H20N2O4/c1-17-10-5-8(4-9(7-14)13(15)16)6-11(18-2)12(10)19-3/h5-6,9H,4,7,14H2,1-3H3,(H2,15,16). The summed E-state index contributed by atoms with van der Waals surface area (Å²) in [5, 5.41) is 0. The molecule has 0 aromatic heterocycles. The van der Waals surface area contributed by atoms with Crippen molar-refractivity contribution in [1.29, 1.82) is 0 Å². The molecule has 0 saturated heterocycles. The molecular weight excluding hydrogens is 248 g/mol. The first kappa shape index (κ1) is 15.1. The monoisotopic (exact) mass is 268 g/mol. The number of nitrogens with two attached hydrogens (primary N) is 2. The lowest BCUT2D eigenvalue weighted by Gasteiger charge is -2.16. The predicted octanol–water partition coefficient (Wildman–Crippen LogP) is 0.315. The Kier molecular flexibility index (Phi) is 5.44. The predicted molar refractivity (Wildman–Crippen MR) is 71.5 cm³/mol. The molecule has 6 nitrogen and oxygen atoms in total. The number of carbonyl (C=O) groups excluding carboxylic acids is 1. The number of hydrogen-bond acceptors (Lipinski definition) is 5. The van der Waals surface area contributed by atoms with Crippen LogP contribution in [0.3, 0.4) is 0 Å². The van der Waals surface area contributed by atoms with Crippen molar-refractivity contribution in [2.45, 2.75) is 6.42 Å². The van der Waals surface area contributed by atoms with Gasteiger partial charge in [-0.1, -0.05) is 0 Å². The summed E-state index contributed by atoms with van der Waals surface area (Å²) in [6, 6.07) is 3.57. The fourth-order valence-electron chi connectivity index (χ4n) is 1.84. The second-order valence-corrected chi connectivity index (χ2v) is 4.07. The summed E-state index contributed by atoms with van der Waals surface area (Å²) in [6.45, 7) is 0.200. The van der Waals surface area contributed by atoms with Gasteiger partial charge in [0.1, 0.15) is 0 Å². The van der Waals surface area contributed by atoms with Crippen LogP contribution in [0.4, 0.5) is 0 Å². The molecule has 1 aromatic rings. The van der Waals surface area contributed by atoms with Gasteiger partial charge in [-0.15, -0.1) is 0 Å². The number of carbonyl (C=O) groups is 1. The first-order chi connectivity index (χ1) is 9.07. The number of rotatable bonds is 7. The van der Waals surface area contributed by atoms with Gasteiger partial charge in [-0.05, 0) is 24.1 Å². The van der Waals surface area contributed by atoms with Crippen molar-refractivity contribution in [3.8, 4) is 17.2 Å². The number of benzene rings is 1. The Balaban J connectivity index is 3.12. The largest absolute Gasteiger partial charge is 0.493 e. The van der Waals surface area contributed by atoms with Crippen molar-refractivity contribution in [3.05, 3.63) is 17.7 Å². The Morgan fingerprint density at radius 2 is 1.68 bits per heavy atom. The second kappa shape index (κ2) is 6.84. The molecule has 0 radical (unpaired) electrons. The van der Waals surface area contributed by atoms with Crippen LogP contribution >= 0.6 is 0 Å². The first-order valence-electron chi connectivity index (χ1n) is 5.85. The molecule has 1 aromatic carbocycles. The summed E-state index contributed by atoms with van der Waals surface area (Å²) >= 11 is 0. The Morgan fingerprint density at radius 3 is 2.00 bits per heavy atom. The molecule has 0 aliphatic carbocycles. The van der Waals surface area contributed by atoms with E-state index in [-0.39, 0.29) is 6.54 Å². The van der Waals surface area contributed by atoms with Crippen LogP contribution in [-0.4, -0.2) is 33.8 Å². The molecule has 0 bridgehead atoms. The van der Waals surface area contributed by atoms with Gasteiger partial charge in [-0.2, -0.15) is 0 Å². The summed E-state index contributed by atoms with van der Waals surface area (Å²) < 4.78 is 15.7. The molecule has 0 aliphatic rings. The van der Waals surface area contributed by atoms with Crippen LogP contribution in [0.5, 0.6) is 17.2 Å². The maximum Gasteiger partial charge on any atom is 0.222 e. The molecule has 0 aliphatic heterocycles. The van der Waals surface area contributed by atoms with E-state index in [1.54, 1.807) is 12.1 Å². The highest BCUT2D eigenvalue weighted by atomic mass is 16.5. The maximum absolute atomic E-state index is 11.2. The zero-order valence-corrected chi connectivity index (χ0v) is 11.4. The lowest BCUT2D eigenvalue weighted by atomic mass is 9.98. The molecule has 1 unspecified atom stereocenters. The van der Waals surface area contributed by atoms with Crippen LogP contribution in [0.2, 0.25) is 0 Å². The molecule has 0 saturated carbocycles. The molecule has 1 amide bonds. The van der Waals surface area contributed by atoms with Gasteiger partial charge in [0.15, 0.2) is 11.5 Å². The van der Waals surface area contributed by atoms with E-state index in [4.69, 9.17) is 25.7 Å². The van der Waals surface area contributed by atoms with E-state index < -0.39 is 11.8 Å². The van der Waals surface area contributed by atoms with Crippen molar-refractivity contribution in [3.63, 3.8) is 0 Å². The van der Waals surface area contributed by atoms with Gasteiger partial charge >= 0.3 is 0 Å². The SMILES string of the molecule is COc1cc(CC(CN)C(N)=O)cc(OC)c1OC. The van der Waals surface area contributed by atoms with Crippen LogP contribution in [0, 0.1) is 5.92 Å². The van der Waals surface area contributed by atoms with Gasteiger partial charge in [0.05, 0.1) is 27.2 Å². The Bertz CT molecular complexity index is 423. The van der Waals surface area contributed by atoms with E-state index in [0.717, 1.165) is 5.56 Å². The Labute approximate surface area is 112 Å². The van der Waals surface area contributed by atoms with Gasteiger partial charge in [-0.25, -0.2) is 0 Å². The molecule has 4 N–H and O–H groups in total. The highest BCUT2D eigenvalue weighted by Crippen LogP contribution is 2.38. The lowest BCUT2D eigenvalue weighted by Crippen LogP contribution is -2.31. The molecule has 1 rings (SSSR count). The highest BCUT2D eigenvalue weighted by molar-refractivity contribution is 5.77. The second-order valence-electron chi connectivity index (χ2n) is 4.07. The third-order valence-electron chi connectivity index (χ3n) is 2.89. The van der Waals surface area contributed by atoms with Gasteiger partial charge in [0.25, 0.3) is 0 Å². The Morgan fingerprint density at radius 1 is 1.16 bits per heavy atom. The van der Waals surface area contributed by atoms with Crippen molar-refractivity contribution >= 4 is 5.91 Å². The van der Waals surface area contributed by atoms with E-state index in [0.29, 0.717) is 23.7 Å². The maximum atomic E-state index is 11.2. The van der Waals surface area contributed by atoms with Crippen LogP contribution in [0.1, 0.15) is 5.56 Å². The zero-order chi connectivity index (χ0) is 14.4. The molecule has 0 heterocycles. The minimum absolute atomic E-state index is 0.200. The fraction of sp³-hybridized carbons (Fsp3) is 0.462. The van der Waals surface area contributed by atoms with Crippen molar-refractivity contribution in [1.82, 2.24) is 0 Å². The Hall–Kier alpha value is -1.95. The van der Waals surface area contributed by atoms with Crippen molar-refractivity contribution in [2.24, 2.45) is 17.4 Å². The van der Waals surface area contributed by atoms with Gasteiger partial charge in [0.2, 0.25) is 11.7 Å². The van der Waals surface area contributed by atoms with Crippen molar-refractivity contribution in [2.75, 3.05) is 27.9 Å². The van der Waals surface area contributed by atoms with Crippen LogP contribution in [0.15, 0.2) is 12.1 Å². The lowest BCUT2D eigenvalue weighted by molar-refractivity contribution is -0.121. The zero-order valence-electron chi connectivity index (χ0n) is 11.4. The van der Waals surface area contributed by atoms with Gasteiger partial charge in [0, 0.05) is 6.54 Å². The number of ether oxygens (including phenoxy) is 3. The number of hydrogen-bond donors (Lipinski definition) is 2. The molecule has 106 valence electrons. The van der Waals surface area contributed by atoms with Gasteiger partial charge < -0.3 is 25.7 Å². The number of methoxy groups -OCH3 is 3. The van der Waals surface area contributed by atoms with E-state index >= 15 is 0 Å². The van der Waals surface area contributed by atoms with E-state index in [1.807, 2.05) is 0 Å². The minimum atomic E-state index is -0.420. The molecular formula is C13H20N2O4. The molecule has 0 spiro atoms. The molecule has 1 atom stereocenters. The summed E-state index contributed by atoms with van der Waals surface area (Å²) in [5.74, 6) is 0.755. The van der Waals surface area contributed by atoms with E-state index in [2.05, 4.69) is 0 Å². The molecule has 19 heavy (non-hydrogen) atoms. The summed E-state index contributed by atoms with van der Waals surface area (Å²) in [4.78, 5) is 11.2. The third-order valence-corrected chi connectivity index (χ3v) is 2.89. The average Bonchev–Trinajstić information content (AvgIpc) is 2.42. The fourth-order valence-corrected chi connectivity index (χ4v) is 1.84. The third kappa shape index (κ3) is 3.51. The highest BCUT2D eigenvalue weighted by Gasteiger charge is 2.18. The summed E-state index contributed by atoms with van der Waals surface area (Å²) in [5.41, 5.74) is 11.7. The number of amides is 1. The van der Waals surface area contributed by atoms with Crippen LogP contribution in [0.25, 0.3) is 0 Å². The summed E-state index contributed by atoms with van der Waals surface area (Å²) in [7, 11) is 4.61. The topological polar surface area (TPSA) is 96.8 Å². The summed E-state index contributed by atoms with van der Waals surface area (Å²) in [6.07, 6.45) is 0.433. The normalized spacial score (nSPS) is 11.8. The van der Waals surface area contributed by atoms with Gasteiger partial charge in [-0.3, -0.25) is 4.79 Å².